The summed E-state index contributed by atoms with van der Waals surface area (Å²) in [7, 11) is 0. The van der Waals surface area contributed by atoms with Crippen molar-refractivity contribution in [3.8, 4) is 17.2 Å². The molecule has 1 fully saturated rings. The van der Waals surface area contributed by atoms with E-state index in [0.29, 0.717) is 34.4 Å². The van der Waals surface area contributed by atoms with Crippen molar-refractivity contribution in [3.63, 3.8) is 0 Å². The van der Waals surface area contributed by atoms with Crippen molar-refractivity contribution in [2.24, 2.45) is 0 Å². The second-order valence-corrected chi connectivity index (χ2v) is 10.2. The number of nitriles is 1. The predicted octanol–water partition coefficient (Wildman–Crippen LogP) is 8.31. The van der Waals surface area contributed by atoms with Gasteiger partial charge in [0.05, 0.1) is 29.4 Å². The molecule has 1 aliphatic heterocycles. The molecule has 1 saturated heterocycles. The lowest BCUT2D eigenvalue weighted by Crippen LogP contribution is -2.32. The summed E-state index contributed by atoms with van der Waals surface area (Å²) in [4.78, 5) is 18.4. The van der Waals surface area contributed by atoms with Gasteiger partial charge in [0.25, 0.3) is 0 Å². The molecule has 12 heteroatoms. The van der Waals surface area contributed by atoms with Crippen LogP contribution in [0.15, 0.2) is 42.5 Å². The zero-order valence-electron chi connectivity index (χ0n) is 22.3. The SMILES string of the molecule is Cc1cc(F)c(C(C)C)cc1-c1ccc(C#N)nc1CN1C(=O)O[C@H](c2cc(C(F)(F)F)cc(C(F)(F)F)c2)[C@@H]1C. The molecule has 0 aliphatic carbocycles. The van der Waals surface area contributed by atoms with Crippen LogP contribution in [0.1, 0.15) is 72.0 Å². The van der Waals surface area contributed by atoms with Crippen LogP contribution in [0.2, 0.25) is 0 Å². The van der Waals surface area contributed by atoms with Crippen molar-refractivity contribution in [2.45, 2.75) is 64.7 Å². The number of carbonyl (C=O) groups excluding carboxylic acids is 1. The van der Waals surface area contributed by atoms with E-state index in [0.717, 1.165) is 4.90 Å². The maximum atomic E-state index is 14.6. The van der Waals surface area contributed by atoms with Crippen molar-refractivity contribution >= 4 is 6.09 Å². The normalized spacial score (nSPS) is 17.6. The topological polar surface area (TPSA) is 66.2 Å². The first-order valence-corrected chi connectivity index (χ1v) is 12.5. The van der Waals surface area contributed by atoms with Crippen molar-refractivity contribution < 1.29 is 40.3 Å². The summed E-state index contributed by atoms with van der Waals surface area (Å²) in [5.74, 6) is -0.559. The Hall–Kier alpha value is -4.14. The molecule has 2 aromatic carbocycles. The predicted molar refractivity (Wildman–Crippen MR) is 134 cm³/mol. The van der Waals surface area contributed by atoms with Gasteiger partial charge in [-0.1, -0.05) is 13.8 Å². The molecule has 216 valence electrons. The molecule has 0 spiro atoms. The number of rotatable bonds is 5. The molecule has 2 atom stereocenters. The number of alkyl halides is 6. The molecular weight excluding hydrogens is 555 g/mol. The fourth-order valence-electron chi connectivity index (χ4n) is 4.82. The van der Waals surface area contributed by atoms with E-state index in [2.05, 4.69) is 4.98 Å². The van der Waals surface area contributed by atoms with Gasteiger partial charge in [-0.05, 0) is 84.5 Å². The maximum Gasteiger partial charge on any atom is 0.416 e. The van der Waals surface area contributed by atoms with E-state index in [-0.39, 0.29) is 29.9 Å². The van der Waals surface area contributed by atoms with Crippen LogP contribution in [0.3, 0.4) is 0 Å². The number of aryl methyl sites for hydroxylation is 1. The Morgan fingerprint density at radius 1 is 1.00 bits per heavy atom. The summed E-state index contributed by atoms with van der Waals surface area (Å²) in [6.45, 7) is 6.46. The highest BCUT2D eigenvalue weighted by atomic mass is 19.4. The number of amides is 1. The molecule has 5 nitrogen and oxygen atoms in total. The van der Waals surface area contributed by atoms with E-state index in [1.54, 1.807) is 19.1 Å². The smallest absolute Gasteiger partial charge is 0.416 e. The van der Waals surface area contributed by atoms with Crippen LogP contribution in [-0.2, 0) is 23.6 Å². The van der Waals surface area contributed by atoms with E-state index >= 15 is 0 Å². The van der Waals surface area contributed by atoms with Gasteiger partial charge in [0.2, 0.25) is 0 Å². The molecule has 2 heterocycles. The van der Waals surface area contributed by atoms with Gasteiger partial charge in [-0.2, -0.15) is 31.6 Å². The Labute approximate surface area is 231 Å². The van der Waals surface area contributed by atoms with Crippen LogP contribution in [0.5, 0.6) is 0 Å². The van der Waals surface area contributed by atoms with Gasteiger partial charge in [0.1, 0.15) is 23.7 Å². The average molecular weight is 580 g/mol. The zero-order chi connectivity index (χ0) is 30.4. The first kappa shape index (κ1) is 29.8. The minimum absolute atomic E-state index is 0.00272. The fourth-order valence-corrected chi connectivity index (χ4v) is 4.82. The monoisotopic (exact) mass is 579 g/mol. The summed E-state index contributed by atoms with van der Waals surface area (Å²) >= 11 is 0. The number of hydrogen-bond acceptors (Lipinski definition) is 4. The van der Waals surface area contributed by atoms with Gasteiger partial charge < -0.3 is 4.74 Å². The Morgan fingerprint density at radius 3 is 2.15 bits per heavy atom. The third kappa shape index (κ3) is 5.99. The Kier molecular flexibility index (Phi) is 7.78. The first-order chi connectivity index (χ1) is 19.0. The maximum absolute atomic E-state index is 14.6. The highest BCUT2D eigenvalue weighted by molar-refractivity contribution is 5.74. The number of hydrogen-bond donors (Lipinski definition) is 0. The largest absolute Gasteiger partial charge is 0.439 e. The van der Waals surface area contributed by atoms with Crippen LogP contribution < -0.4 is 0 Å². The van der Waals surface area contributed by atoms with Crippen LogP contribution in [0.4, 0.5) is 35.5 Å². The molecular formula is C29H24F7N3O2. The number of nitrogens with zero attached hydrogens (tertiary/aromatic N) is 3. The van der Waals surface area contributed by atoms with Gasteiger partial charge in [-0.15, -0.1) is 0 Å². The average Bonchev–Trinajstić information content (AvgIpc) is 3.16. The number of cyclic esters (lactones) is 1. The van der Waals surface area contributed by atoms with Crippen LogP contribution in [-0.4, -0.2) is 22.0 Å². The van der Waals surface area contributed by atoms with Crippen molar-refractivity contribution in [1.82, 2.24) is 9.88 Å². The fraction of sp³-hybridized carbons (Fsp3) is 0.345. The standard InChI is InChI=1S/C29H24F7N3O2/c1-14(2)22-11-23(15(3)7-24(22)30)21-6-5-20(12-37)38-25(21)13-39-16(4)26(41-27(39)40)17-8-18(28(31,32)33)10-19(9-17)29(34,35)36/h5-11,14,16,26H,13H2,1-4H3/t16-,26-/m0/s1. The number of benzene rings is 2. The van der Waals surface area contributed by atoms with Gasteiger partial charge >= 0.3 is 18.4 Å². The van der Waals surface area contributed by atoms with Gasteiger partial charge in [-0.3, -0.25) is 4.90 Å². The molecule has 1 amide bonds. The third-order valence-corrected chi connectivity index (χ3v) is 7.00. The van der Waals surface area contributed by atoms with Crippen LogP contribution in [0, 0.1) is 24.1 Å². The lowest BCUT2D eigenvalue weighted by molar-refractivity contribution is -0.143. The van der Waals surface area contributed by atoms with E-state index in [1.165, 1.54) is 19.1 Å². The van der Waals surface area contributed by atoms with E-state index in [9.17, 15) is 40.8 Å². The Balaban J connectivity index is 1.76. The van der Waals surface area contributed by atoms with Gasteiger partial charge in [0, 0.05) is 5.56 Å². The van der Waals surface area contributed by atoms with E-state index in [1.807, 2.05) is 19.9 Å². The molecule has 1 aromatic heterocycles. The number of ether oxygens (including phenoxy) is 1. The second-order valence-electron chi connectivity index (χ2n) is 10.2. The number of halogens is 7. The van der Waals surface area contributed by atoms with Crippen molar-refractivity contribution in [2.75, 3.05) is 0 Å². The lowest BCUT2D eigenvalue weighted by Gasteiger charge is -2.23. The molecule has 0 radical (unpaired) electrons. The summed E-state index contributed by atoms with van der Waals surface area (Å²) < 4.78 is 100. The lowest BCUT2D eigenvalue weighted by atomic mass is 9.92. The summed E-state index contributed by atoms with van der Waals surface area (Å²) in [6.07, 6.45) is -12.6. The number of pyridine rings is 1. The molecule has 0 unspecified atom stereocenters. The van der Waals surface area contributed by atoms with Gasteiger partial charge in [0.15, 0.2) is 0 Å². The highest BCUT2D eigenvalue weighted by Crippen LogP contribution is 2.41. The minimum atomic E-state index is -5.07. The Morgan fingerprint density at radius 2 is 1.61 bits per heavy atom. The Bertz CT molecular complexity index is 1510. The minimum Gasteiger partial charge on any atom is -0.439 e. The number of aromatic nitrogens is 1. The van der Waals surface area contributed by atoms with E-state index < -0.39 is 53.1 Å². The first-order valence-electron chi connectivity index (χ1n) is 12.5. The quantitative estimate of drug-likeness (QED) is 0.285. The third-order valence-electron chi connectivity index (χ3n) is 7.00. The summed E-state index contributed by atoms with van der Waals surface area (Å²) in [5, 5.41) is 9.42. The zero-order valence-corrected chi connectivity index (χ0v) is 22.3. The van der Waals surface area contributed by atoms with Crippen molar-refractivity contribution in [1.29, 1.82) is 5.26 Å². The molecule has 1 aliphatic rings. The molecule has 3 aromatic rings. The van der Waals surface area contributed by atoms with Gasteiger partial charge in [-0.25, -0.2) is 14.2 Å². The van der Waals surface area contributed by atoms with Crippen LogP contribution in [0.25, 0.3) is 11.1 Å². The molecule has 41 heavy (non-hydrogen) atoms. The molecule has 0 saturated carbocycles. The highest BCUT2D eigenvalue weighted by Gasteiger charge is 2.43. The summed E-state index contributed by atoms with van der Waals surface area (Å²) in [6, 6.07) is 8.02. The second kappa shape index (κ2) is 10.7. The van der Waals surface area contributed by atoms with Crippen molar-refractivity contribution in [3.05, 3.63) is 87.5 Å². The van der Waals surface area contributed by atoms with Crippen LogP contribution >= 0.6 is 0 Å². The molecule has 0 bridgehead atoms. The molecule has 4 rings (SSSR count). The summed E-state index contributed by atoms with van der Waals surface area (Å²) in [5.41, 5.74) is -1.24. The number of carbonyl (C=O) groups is 1. The molecule has 0 N–H and O–H groups in total. The van der Waals surface area contributed by atoms with E-state index in [4.69, 9.17) is 4.74 Å².